The molecule has 2 aromatic heterocycles. The van der Waals surface area contributed by atoms with E-state index in [4.69, 9.17) is 4.42 Å². The molecule has 10 aromatic rings. The summed E-state index contributed by atoms with van der Waals surface area (Å²) < 4.78 is 8.64. The summed E-state index contributed by atoms with van der Waals surface area (Å²) in [4.78, 5) is 0. The molecule has 0 aliphatic carbocycles. The monoisotopic (exact) mass is 691 g/mol. The molecule has 0 fully saturated rings. The number of benzene rings is 8. The molecule has 0 aliphatic rings. The van der Waals surface area contributed by atoms with Gasteiger partial charge in [0.25, 0.3) is 0 Å². The van der Waals surface area contributed by atoms with Gasteiger partial charge in [-0.05, 0) is 93.0 Å². The Hall–Kier alpha value is -7.30. The summed E-state index contributed by atoms with van der Waals surface area (Å²) in [5, 5.41) is 11.4. The Morgan fingerprint density at radius 3 is 1.48 bits per heavy atom. The maximum atomic E-state index is 6.28. The van der Waals surface area contributed by atoms with Crippen LogP contribution in [0, 0.1) is 0 Å². The second-order valence-corrected chi connectivity index (χ2v) is 13.4. The fourth-order valence-corrected chi connectivity index (χ4v) is 7.72. The first kappa shape index (κ1) is 31.4. The maximum Gasteiger partial charge on any atom is 0.248 e. The molecule has 0 saturated carbocycles. The van der Waals surface area contributed by atoms with E-state index in [9.17, 15) is 0 Å². The summed E-state index contributed by atoms with van der Waals surface area (Å²) in [6.45, 7) is 0. The van der Waals surface area contributed by atoms with E-state index in [-0.39, 0.29) is 0 Å². The number of hydrogen-bond donors (Lipinski definition) is 0. The van der Waals surface area contributed by atoms with Gasteiger partial charge < -0.3 is 8.98 Å². The highest BCUT2D eigenvalue weighted by molar-refractivity contribution is 6.11. The third-order valence-electron chi connectivity index (χ3n) is 10.3. The largest absolute Gasteiger partial charge is 0.416 e. The first-order valence-corrected chi connectivity index (χ1v) is 18.2. The molecule has 54 heavy (non-hydrogen) atoms. The number of para-hydroxylation sites is 2. The van der Waals surface area contributed by atoms with E-state index in [1.807, 2.05) is 36.4 Å². The van der Waals surface area contributed by atoms with Crippen LogP contribution in [0.25, 0.3) is 94.9 Å². The smallest absolute Gasteiger partial charge is 0.248 e. The highest BCUT2D eigenvalue weighted by Crippen LogP contribution is 2.41. The lowest BCUT2D eigenvalue weighted by Gasteiger charge is -2.15. The molecule has 0 atom stereocenters. The van der Waals surface area contributed by atoms with E-state index < -0.39 is 0 Å². The van der Waals surface area contributed by atoms with Crippen LogP contribution in [0.15, 0.2) is 205 Å². The highest BCUT2D eigenvalue weighted by Gasteiger charge is 2.18. The molecule has 4 nitrogen and oxygen atoms in total. The van der Waals surface area contributed by atoms with Crippen LogP contribution in [-0.4, -0.2) is 14.8 Å². The molecule has 2 heterocycles. The molecular weight excluding hydrogens is 659 g/mol. The number of rotatable bonds is 7. The van der Waals surface area contributed by atoms with Crippen molar-refractivity contribution >= 4 is 21.8 Å². The fourth-order valence-electron chi connectivity index (χ4n) is 7.72. The van der Waals surface area contributed by atoms with E-state index in [2.05, 4.69) is 179 Å². The van der Waals surface area contributed by atoms with Crippen LogP contribution in [-0.2, 0) is 0 Å². The molecular formula is C50H33N3O. The van der Waals surface area contributed by atoms with Crippen LogP contribution in [0.1, 0.15) is 0 Å². The Bertz CT molecular complexity index is 2920. The molecule has 254 valence electrons. The fraction of sp³-hybridized carbons (Fsp3) is 0. The van der Waals surface area contributed by atoms with Gasteiger partial charge in [-0.15, -0.1) is 10.2 Å². The summed E-state index contributed by atoms with van der Waals surface area (Å²) in [6.07, 6.45) is 0. The Morgan fingerprint density at radius 2 is 0.778 bits per heavy atom. The second-order valence-electron chi connectivity index (χ2n) is 13.4. The zero-order valence-corrected chi connectivity index (χ0v) is 29.3. The van der Waals surface area contributed by atoms with Crippen LogP contribution >= 0.6 is 0 Å². The Morgan fingerprint density at radius 1 is 0.315 bits per heavy atom. The molecule has 0 radical (unpaired) electrons. The first-order valence-electron chi connectivity index (χ1n) is 18.2. The minimum absolute atomic E-state index is 0.488. The maximum absolute atomic E-state index is 6.28. The van der Waals surface area contributed by atoms with Gasteiger partial charge in [-0.1, -0.05) is 152 Å². The van der Waals surface area contributed by atoms with Crippen LogP contribution in [0.5, 0.6) is 0 Å². The zero-order valence-electron chi connectivity index (χ0n) is 29.3. The lowest BCUT2D eigenvalue weighted by molar-refractivity contribution is 0.585. The summed E-state index contributed by atoms with van der Waals surface area (Å²) in [5.74, 6) is 0.986. The number of aromatic nitrogens is 3. The van der Waals surface area contributed by atoms with E-state index in [1.165, 1.54) is 44.1 Å². The standard InChI is InChI=1S/C50H33N3O/c1-3-15-34(16-4-1)40-20-9-12-25-45(40)50-52-51-49(54-50)36-29-27-35(28-30-36)39-19-7-10-22-42(39)43-23-11-8-21-41(43)37-31-32-48-46(33-37)44-24-13-14-26-47(44)53(48)38-17-5-2-6-18-38/h1-33H. The Labute approximate surface area is 313 Å². The van der Waals surface area contributed by atoms with Crippen LogP contribution in [0.3, 0.4) is 0 Å². The molecule has 0 spiro atoms. The first-order chi connectivity index (χ1) is 26.8. The van der Waals surface area contributed by atoms with Gasteiger partial charge in [0.05, 0.1) is 11.0 Å². The minimum atomic E-state index is 0.488. The average Bonchev–Trinajstić information content (AvgIpc) is 3.88. The van der Waals surface area contributed by atoms with Crippen molar-refractivity contribution in [2.75, 3.05) is 0 Å². The van der Waals surface area contributed by atoms with Crippen LogP contribution in [0.2, 0.25) is 0 Å². The number of fused-ring (bicyclic) bond motifs is 3. The quantitative estimate of drug-likeness (QED) is 0.167. The van der Waals surface area contributed by atoms with Gasteiger partial charge in [0, 0.05) is 27.6 Å². The van der Waals surface area contributed by atoms with Crippen molar-refractivity contribution in [3.63, 3.8) is 0 Å². The topological polar surface area (TPSA) is 43.9 Å². The molecule has 8 aromatic carbocycles. The predicted molar refractivity (Wildman–Crippen MR) is 221 cm³/mol. The number of nitrogens with zero attached hydrogens (tertiary/aromatic N) is 3. The van der Waals surface area contributed by atoms with Gasteiger partial charge >= 0.3 is 0 Å². The van der Waals surface area contributed by atoms with Crippen LogP contribution < -0.4 is 0 Å². The van der Waals surface area contributed by atoms with Gasteiger partial charge in [0.2, 0.25) is 11.8 Å². The predicted octanol–water partition coefficient (Wildman–Crippen LogP) is 13.2. The van der Waals surface area contributed by atoms with Gasteiger partial charge in [0.15, 0.2) is 0 Å². The lowest BCUT2D eigenvalue weighted by Crippen LogP contribution is -1.93. The summed E-state index contributed by atoms with van der Waals surface area (Å²) >= 11 is 0. The lowest BCUT2D eigenvalue weighted by atomic mass is 9.89. The van der Waals surface area contributed by atoms with E-state index in [1.54, 1.807) is 0 Å². The summed E-state index contributed by atoms with van der Waals surface area (Å²) in [6, 6.07) is 70.3. The molecule has 0 bridgehead atoms. The highest BCUT2D eigenvalue weighted by atomic mass is 16.4. The van der Waals surface area contributed by atoms with Crippen molar-refractivity contribution in [3.05, 3.63) is 200 Å². The SMILES string of the molecule is c1ccc(-c2ccccc2-c2nnc(-c3ccc(-c4ccccc4-c4ccccc4-c4ccc5c(c4)c4ccccc4n5-c4ccccc4)cc3)o2)cc1. The van der Waals surface area contributed by atoms with Crippen molar-refractivity contribution in [2.24, 2.45) is 0 Å². The van der Waals surface area contributed by atoms with Gasteiger partial charge in [-0.3, -0.25) is 0 Å². The van der Waals surface area contributed by atoms with Crippen LogP contribution in [0.4, 0.5) is 0 Å². The van der Waals surface area contributed by atoms with E-state index in [0.29, 0.717) is 11.8 Å². The molecule has 10 rings (SSSR count). The third-order valence-corrected chi connectivity index (χ3v) is 10.3. The Kier molecular flexibility index (Phi) is 7.77. The normalized spacial score (nSPS) is 11.3. The molecule has 4 heteroatoms. The minimum Gasteiger partial charge on any atom is -0.416 e. The third kappa shape index (κ3) is 5.49. The number of hydrogen-bond acceptors (Lipinski definition) is 3. The van der Waals surface area contributed by atoms with Crippen molar-refractivity contribution in [3.8, 4) is 73.1 Å². The van der Waals surface area contributed by atoms with E-state index >= 15 is 0 Å². The van der Waals surface area contributed by atoms with Gasteiger partial charge in [-0.25, -0.2) is 0 Å². The van der Waals surface area contributed by atoms with E-state index in [0.717, 1.165) is 39.1 Å². The van der Waals surface area contributed by atoms with Gasteiger partial charge in [-0.2, -0.15) is 0 Å². The molecule has 0 aliphatic heterocycles. The van der Waals surface area contributed by atoms with Crippen molar-refractivity contribution < 1.29 is 4.42 Å². The van der Waals surface area contributed by atoms with Crippen molar-refractivity contribution in [2.45, 2.75) is 0 Å². The average molecular weight is 692 g/mol. The van der Waals surface area contributed by atoms with Crippen molar-refractivity contribution in [1.82, 2.24) is 14.8 Å². The zero-order chi connectivity index (χ0) is 35.8. The van der Waals surface area contributed by atoms with Gasteiger partial charge in [0.1, 0.15) is 0 Å². The second kappa shape index (κ2) is 13.4. The van der Waals surface area contributed by atoms with Crippen molar-refractivity contribution in [1.29, 1.82) is 0 Å². The molecule has 0 saturated heterocycles. The molecule has 0 N–H and O–H groups in total. The molecule has 0 amide bonds. The Balaban J connectivity index is 1.01. The summed E-state index contributed by atoms with van der Waals surface area (Å²) in [5.41, 5.74) is 14.5. The molecule has 0 unspecified atom stereocenters. The summed E-state index contributed by atoms with van der Waals surface area (Å²) in [7, 11) is 0.